The monoisotopic (exact) mass is 410 g/mol. The standard InChI is InChI=1S/C21H20FN4O2P/c1-15-19-20(26(24-15)18-7-3-2-4-8-18)23-21(16-9-11-17(22)12-10-16)28-29(19,27)25-13-5-6-14-25/h2-4,7-12H,5-6,13-14H2,1H3. The van der Waals surface area contributed by atoms with Crippen LogP contribution in [-0.2, 0) is 9.09 Å². The molecule has 2 aliphatic heterocycles. The van der Waals surface area contributed by atoms with Gasteiger partial charge in [0.2, 0.25) is 5.90 Å². The minimum atomic E-state index is -3.40. The zero-order chi connectivity index (χ0) is 20.0. The third-order valence-electron chi connectivity index (χ3n) is 5.25. The number of hydrogen-bond donors (Lipinski definition) is 0. The summed E-state index contributed by atoms with van der Waals surface area (Å²) in [4.78, 5) is 4.68. The summed E-state index contributed by atoms with van der Waals surface area (Å²) >= 11 is 0. The molecule has 1 saturated heterocycles. The van der Waals surface area contributed by atoms with E-state index < -0.39 is 7.52 Å². The molecule has 0 N–H and O–H groups in total. The number of para-hydroxylation sites is 1. The Balaban J connectivity index is 1.73. The van der Waals surface area contributed by atoms with Crippen molar-refractivity contribution in [3.8, 4) is 5.69 Å². The average molecular weight is 410 g/mol. The van der Waals surface area contributed by atoms with Crippen molar-refractivity contribution in [3.05, 3.63) is 71.7 Å². The Kier molecular flexibility index (Phi) is 4.37. The Morgan fingerprint density at radius 2 is 1.72 bits per heavy atom. The second-order valence-electron chi connectivity index (χ2n) is 7.20. The van der Waals surface area contributed by atoms with Crippen molar-refractivity contribution in [2.75, 3.05) is 13.1 Å². The van der Waals surface area contributed by atoms with Crippen LogP contribution in [-0.4, -0.2) is 33.4 Å². The summed E-state index contributed by atoms with van der Waals surface area (Å²) in [5, 5.41) is 5.19. The van der Waals surface area contributed by atoms with E-state index in [0.717, 1.165) is 18.5 Å². The summed E-state index contributed by atoms with van der Waals surface area (Å²) in [6.07, 6.45) is 1.94. The quantitative estimate of drug-likeness (QED) is 0.603. The second-order valence-corrected chi connectivity index (χ2v) is 9.44. The molecule has 0 bridgehead atoms. The molecule has 0 saturated carbocycles. The van der Waals surface area contributed by atoms with Crippen molar-refractivity contribution >= 4 is 24.5 Å². The largest absolute Gasteiger partial charge is 0.410 e. The highest BCUT2D eigenvalue weighted by atomic mass is 31.2. The Morgan fingerprint density at radius 3 is 2.41 bits per heavy atom. The lowest BCUT2D eigenvalue weighted by atomic mass is 10.2. The van der Waals surface area contributed by atoms with E-state index >= 15 is 0 Å². The molecule has 1 atom stereocenters. The van der Waals surface area contributed by atoms with Gasteiger partial charge in [-0.3, -0.25) is 4.57 Å². The van der Waals surface area contributed by atoms with Crippen LogP contribution >= 0.6 is 7.52 Å². The highest BCUT2D eigenvalue weighted by molar-refractivity contribution is 7.65. The maximum Gasteiger partial charge on any atom is 0.356 e. The summed E-state index contributed by atoms with van der Waals surface area (Å²) in [6, 6.07) is 15.5. The van der Waals surface area contributed by atoms with E-state index in [4.69, 9.17) is 4.52 Å². The zero-order valence-corrected chi connectivity index (χ0v) is 16.8. The molecule has 0 aliphatic carbocycles. The minimum Gasteiger partial charge on any atom is -0.410 e. The number of benzene rings is 2. The van der Waals surface area contributed by atoms with Crippen molar-refractivity contribution in [2.24, 2.45) is 4.99 Å². The van der Waals surface area contributed by atoms with Crippen LogP contribution in [0.15, 0.2) is 59.6 Å². The molecular weight excluding hydrogens is 390 g/mol. The van der Waals surface area contributed by atoms with Gasteiger partial charge in [-0.1, -0.05) is 18.2 Å². The molecule has 5 rings (SSSR count). The van der Waals surface area contributed by atoms with Crippen molar-refractivity contribution < 1.29 is 13.5 Å². The SMILES string of the molecule is Cc1nn(-c2ccccc2)c2c1P(=O)(N1CCCC1)OC(c1ccc(F)cc1)=N2. The second kappa shape index (κ2) is 6.94. The zero-order valence-electron chi connectivity index (χ0n) is 16.0. The van der Waals surface area contributed by atoms with Gasteiger partial charge in [0.25, 0.3) is 0 Å². The molecule has 1 unspecified atom stereocenters. The summed E-state index contributed by atoms with van der Waals surface area (Å²) in [5.41, 5.74) is 2.05. The first-order chi connectivity index (χ1) is 14.1. The number of hydrogen-bond acceptors (Lipinski definition) is 4. The normalized spacial score (nSPS) is 21.5. The first kappa shape index (κ1) is 18.3. The molecule has 0 spiro atoms. The predicted molar refractivity (Wildman–Crippen MR) is 110 cm³/mol. The minimum absolute atomic E-state index is 0.227. The van der Waals surface area contributed by atoms with Crippen LogP contribution < -0.4 is 5.30 Å². The van der Waals surface area contributed by atoms with Gasteiger partial charge in [-0.25, -0.2) is 13.7 Å². The average Bonchev–Trinajstić information content (AvgIpc) is 3.38. The van der Waals surface area contributed by atoms with Crippen LogP contribution in [0.1, 0.15) is 24.1 Å². The fourth-order valence-electron chi connectivity index (χ4n) is 3.84. The highest BCUT2D eigenvalue weighted by Crippen LogP contribution is 2.57. The summed E-state index contributed by atoms with van der Waals surface area (Å²) in [6.45, 7) is 3.23. The lowest BCUT2D eigenvalue weighted by Crippen LogP contribution is -2.30. The van der Waals surface area contributed by atoms with Crippen molar-refractivity contribution in [3.63, 3.8) is 0 Å². The summed E-state index contributed by atoms with van der Waals surface area (Å²) in [5.74, 6) is 0.387. The van der Waals surface area contributed by atoms with Gasteiger partial charge >= 0.3 is 7.52 Å². The third-order valence-corrected chi connectivity index (χ3v) is 7.91. The lowest BCUT2D eigenvalue weighted by molar-refractivity contribution is 0.396. The highest BCUT2D eigenvalue weighted by Gasteiger charge is 2.46. The lowest BCUT2D eigenvalue weighted by Gasteiger charge is -2.30. The molecule has 0 radical (unpaired) electrons. The van der Waals surface area contributed by atoms with E-state index in [-0.39, 0.29) is 11.7 Å². The van der Waals surface area contributed by atoms with E-state index in [1.165, 1.54) is 12.1 Å². The maximum atomic E-state index is 14.3. The molecule has 6 nitrogen and oxygen atoms in total. The van der Waals surface area contributed by atoms with Gasteiger partial charge in [0.1, 0.15) is 11.1 Å². The Morgan fingerprint density at radius 1 is 1.03 bits per heavy atom. The molecule has 2 aromatic carbocycles. The number of aliphatic imine (C=N–C) groups is 1. The number of rotatable bonds is 3. The molecule has 2 aliphatic rings. The number of halogens is 1. The van der Waals surface area contributed by atoms with E-state index in [2.05, 4.69) is 10.1 Å². The van der Waals surface area contributed by atoms with Gasteiger partial charge in [-0.2, -0.15) is 10.1 Å². The number of nitrogens with zero attached hydrogens (tertiary/aromatic N) is 4. The molecule has 8 heteroatoms. The van der Waals surface area contributed by atoms with Crippen LogP contribution in [0, 0.1) is 12.7 Å². The summed E-state index contributed by atoms with van der Waals surface area (Å²) in [7, 11) is -3.40. The Bertz CT molecular complexity index is 1140. The molecular formula is C21H20FN4O2P. The fraction of sp³-hybridized carbons (Fsp3) is 0.238. The van der Waals surface area contributed by atoms with Gasteiger partial charge < -0.3 is 4.52 Å². The van der Waals surface area contributed by atoms with Gasteiger partial charge in [0.05, 0.1) is 11.4 Å². The number of fused-ring (bicyclic) bond motifs is 1. The molecule has 0 amide bonds. The smallest absolute Gasteiger partial charge is 0.356 e. The van der Waals surface area contributed by atoms with Crippen molar-refractivity contribution in [1.82, 2.24) is 14.5 Å². The Hall–Kier alpha value is -2.76. The van der Waals surface area contributed by atoms with Crippen LogP contribution in [0.4, 0.5) is 10.2 Å². The first-order valence-corrected chi connectivity index (χ1v) is 11.2. The van der Waals surface area contributed by atoms with Crippen LogP contribution in [0.25, 0.3) is 5.69 Å². The van der Waals surface area contributed by atoms with Gasteiger partial charge in [-0.05, 0) is 56.2 Å². The number of aromatic nitrogens is 2. The van der Waals surface area contributed by atoms with Crippen LogP contribution in [0.2, 0.25) is 0 Å². The van der Waals surface area contributed by atoms with Crippen molar-refractivity contribution in [2.45, 2.75) is 19.8 Å². The van der Waals surface area contributed by atoms with Crippen molar-refractivity contribution in [1.29, 1.82) is 0 Å². The molecule has 3 aromatic rings. The molecule has 29 heavy (non-hydrogen) atoms. The van der Waals surface area contributed by atoms with E-state index in [1.807, 2.05) is 41.9 Å². The molecule has 148 valence electrons. The molecule has 1 fully saturated rings. The van der Waals surface area contributed by atoms with Gasteiger partial charge in [0.15, 0.2) is 5.82 Å². The predicted octanol–water partition coefficient (Wildman–Crippen LogP) is 4.34. The van der Waals surface area contributed by atoms with Crippen LogP contribution in [0.5, 0.6) is 0 Å². The van der Waals surface area contributed by atoms with E-state index in [0.29, 0.717) is 35.5 Å². The first-order valence-electron chi connectivity index (χ1n) is 9.61. The summed E-state index contributed by atoms with van der Waals surface area (Å²) < 4.78 is 37.4. The van der Waals surface area contributed by atoms with Crippen LogP contribution in [0.3, 0.4) is 0 Å². The van der Waals surface area contributed by atoms with E-state index in [9.17, 15) is 8.96 Å². The topological polar surface area (TPSA) is 59.7 Å². The van der Waals surface area contributed by atoms with E-state index in [1.54, 1.807) is 16.8 Å². The Labute approximate surface area is 168 Å². The molecule has 1 aromatic heterocycles. The molecule has 3 heterocycles. The number of aryl methyl sites for hydroxylation is 1. The van der Waals surface area contributed by atoms with Gasteiger partial charge in [-0.15, -0.1) is 0 Å². The van der Waals surface area contributed by atoms with Gasteiger partial charge in [0, 0.05) is 18.7 Å². The third kappa shape index (κ3) is 3.02. The fourth-order valence-corrected chi connectivity index (χ4v) is 6.37. The maximum absolute atomic E-state index is 14.3.